The predicted octanol–water partition coefficient (Wildman–Crippen LogP) is 4.56. The highest BCUT2D eigenvalue weighted by atomic mass is 16.5. The third-order valence-corrected chi connectivity index (χ3v) is 4.73. The van der Waals surface area contributed by atoms with Crippen molar-refractivity contribution in [1.82, 2.24) is 5.32 Å². The van der Waals surface area contributed by atoms with Crippen LogP contribution in [0.25, 0.3) is 0 Å². The summed E-state index contributed by atoms with van der Waals surface area (Å²) in [5, 5.41) is 3.86. The van der Waals surface area contributed by atoms with Crippen molar-refractivity contribution in [3.05, 3.63) is 29.8 Å². The van der Waals surface area contributed by atoms with Crippen molar-refractivity contribution in [2.45, 2.75) is 58.5 Å². The first-order chi connectivity index (χ1) is 9.61. The average molecular weight is 275 g/mol. The predicted molar refractivity (Wildman–Crippen MR) is 85.1 cm³/mol. The van der Waals surface area contributed by atoms with Crippen LogP contribution in [0.5, 0.6) is 5.75 Å². The van der Waals surface area contributed by atoms with Gasteiger partial charge < -0.3 is 10.1 Å². The summed E-state index contributed by atoms with van der Waals surface area (Å²) < 4.78 is 5.33. The maximum atomic E-state index is 5.33. The Morgan fingerprint density at radius 1 is 1.15 bits per heavy atom. The Morgan fingerprint density at radius 2 is 1.90 bits per heavy atom. The molecule has 2 heteroatoms. The summed E-state index contributed by atoms with van der Waals surface area (Å²) in [6.45, 7) is 6.99. The lowest BCUT2D eigenvalue weighted by Crippen LogP contribution is -2.42. The van der Waals surface area contributed by atoms with E-state index >= 15 is 0 Å². The van der Waals surface area contributed by atoms with Gasteiger partial charge >= 0.3 is 0 Å². The highest BCUT2D eigenvalue weighted by Gasteiger charge is 2.28. The van der Waals surface area contributed by atoms with E-state index in [0.717, 1.165) is 17.6 Å². The van der Waals surface area contributed by atoms with Gasteiger partial charge in [0.25, 0.3) is 0 Å². The third kappa shape index (κ3) is 3.76. The van der Waals surface area contributed by atoms with Gasteiger partial charge in [-0.2, -0.15) is 0 Å². The SMILES string of the molecule is COc1cccc(C(C)NC2CCCCC2C(C)C)c1. The molecular weight excluding hydrogens is 246 g/mol. The fourth-order valence-electron chi connectivity index (χ4n) is 3.49. The van der Waals surface area contributed by atoms with Crippen molar-refractivity contribution in [3.8, 4) is 5.75 Å². The number of ether oxygens (including phenoxy) is 1. The van der Waals surface area contributed by atoms with Crippen LogP contribution in [0.1, 0.15) is 58.1 Å². The molecule has 1 fully saturated rings. The number of hydrogen-bond donors (Lipinski definition) is 1. The van der Waals surface area contributed by atoms with E-state index in [1.807, 2.05) is 6.07 Å². The average Bonchev–Trinajstić information content (AvgIpc) is 2.47. The summed E-state index contributed by atoms with van der Waals surface area (Å²) in [5.74, 6) is 2.53. The third-order valence-electron chi connectivity index (χ3n) is 4.73. The molecule has 20 heavy (non-hydrogen) atoms. The Balaban J connectivity index is 2.03. The number of hydrogen-bond acceptors (Lipinski definition) is 2. The van der Waals surface area contributed by atoms with Crippen molar-refractivity contribution in [2.75, 3.05) is 7.11 Å². The lowest BCUT2D eigenvalue weighted by atomic mass is 9.77. The van der Waals surface area contributed by atoms with E-state index in [1.165, 1.54) is 31.2 Å². The van der Waals surface area contributed by atoms with Crippen LogP contribution in [0.3, 0.4) is 0 Å². The second-order valence-electron chi connectivity index (χ2n) is 6.46. The Kier molecular flexibility index (Phi) is 5.47. The van der Waals surface area contributed by atoms with E-state index in [0.29, 0.717) is 12.1 Å². The van der Waals surface area contributed by atoms with Crippen molar-refractivity contribution in [2.24, 2.45) is 11.8 Å². The van der Waals surface area contributed by atoms with Crippen LogP contribution in [0.2, 0.25) is 0 Å². The molecule has 1 aliphatic carbocycles. The first-order valence-electron chi connectivity index (χ1n) is 8.01. The van der Waals surface area contributed by atoms with Crippen LogP contribution >= 0.6 is 0 Å². The van der Waals surface area contributed by atoms with Crippen LogP contribution < -0.4 is 10.1 Å². The van der Waals surface area contributed by atoms with Crippen molar-refractivity contribution < 1.29 is 4.74 Å². The van der Waals surface area contributed by atoms with Crippen LogP contribution in [0.15, 0.2) is 24.3 Å². The summed E-state index contributed by atoms with van der Waals surface area (Å²) in [6.07, 6.45) is 5.46. The molecule has 3 unspecified atom stereocenters. The molecule has 0 heterocycles. The number of methoxy groups -OCH3 is 1. The first-order valence-corrected chi connectivity index (χ1v) is 8.01. The maximum Gasteiger partial charge on any atom is 0.119 e. The van der Waals surface area contributed by atoms with Crippen LogP contribution in [0, 0.1) is 11.8 Å². The zero-order chi connectivity index (χ0) is 14.5. The second kappa shape index (κ2) is 7.12. The molecule has 0 saturated heterocycles. The second-order valence-corrected chi connectivity index (χ2v) is 6.46. The maximum absolute atomic E-state index is 5.33. The molecule has 0 aliphatic heterocycles. The van der Waals surface area contributed by atoms with Crippen LogP contribution in [-0.4, -0.2) is 13.2 Å². The van der Waals surface area contributed by atoms with Gasteiger partial charge in [0.2, 0.25) is 0 Å². The zero-order valence-corrected chi connectivity index (χ0v) is 13.4. The smallest absolute Gasteiger partial charge is 0.119 e. The minimum Gasteiger partial charge on any atom is -0.497 e. The van der Waals surface area contributed by atoms with Crippen LogP contribution in [-0.2, 0) is 0 Å². The van der Waals surface area contributed by atoms with Gasteiger partial charge in [0, 0.05) is 12.1 Å². The van der Waals surface area contributed by atoms with E-state index in [-0.39, 0.29) is 0 Å². The molecule has 0 amide bonds. The van der Waals surface area contributed by atoms with E-state index in [9.17, 15) is 0 Å². The summed E-state index contributed by atoms with van der Waals surface area (Å²) >= 11 is 0. The van der Waals surface area contributed by atoms with Gasteiger partial charge in [0.05, 0.1) is 7.11 Å². The molecular formula is C18H29NO. The largest absolute Gasteiger partial charge is 0.497 e. The van der Waals surface area contributed by atoms with E-state index in [4.69, 9.17) is 4.74 Å². The Morgan fingerprint density at radius 3 is 2.60 bits per heavy atom. The van der Waals surface area contributed by atoms with E-state index in [1.54, 1.807) is 7.11 Å². The highest BCUT2D eigenvalue weighted by molar-refractivity contribution is 5.30. The number of benzene rings is 1. The van der Waals surface area contributed by atoms with Gasteiger partial charge in [0.1, 0.15) is 5.75 Å². The monoisotopic (exact) mass is 275 g/mol. The molecule has 1 saturated carbocycles. The summed E-state index contributed by atoms with van der Waals surface area (Å²) in [7, 11) is 1.73. The fourth-order valence-corrected chi connectivity index (χ4v) is 3.49. The summed E-state index contributed by atoms with van der Waals surface area (Å²) in [4.78, 5) is 0. The normalized spacial score (nSPS) is 24.6. The molecule has 0 bridgehead atoms. The van der Waals surface area contributed by atoms with Crippen molar-refractivity contribution >= 4 is 0 Å². The van der Waals surface area contributed by atoms with Crippen LogP contribution in [0.4, 0.5) is 0 Å². The molecule has 0 spiro atoms. The van der Waals surface area contributed by atoms with Gasteiger partial charge in [-0.25, -0.2) is 0 Å². The molecule has 112 valence electrons. The van der Waals surface area contributed by atoms with Gasteiger partial charge in [-0.1, -0.05) is 38.8 Å². The first kappa shape index (κ1) is 15.4. The molecule has 2 rings (SSSR count). The minimum atomic E-state index is 0.384. The van der Waals surface area contributed by atoms with Crippen molar-refractivity contribution in [3.63, 3.8) is 0 Å². The molecule has 0 radical (unpaired) electrons. The lowest BCUT2D eigenvalue weighted by Gasteiger charge is -2.37. The molecule has 1 aromatic rings. The highest BCUT2D eigenvalue weighted by Crippen LogP contribution is 2.32. The fraction of sp³-hybridized carbons (Fsp3) is 0.667. The summed E-state index contributed by atoms with van der Waals surface area (Å²) in [6, 6.07) is 9.46. The molecule has 2 nitrogen and oxygen atoms in total. The zero-order valence-electron chi connectivity index (χ0n) is 13.4. The lowest BCUT2D eigenvalue weighted by molar-refractivity contribution is 0.195. The Bertz CT molecular complexity index is 416. The topological polar surface area (TPSA) is 21.3 Å². The van der Waals surface area contributed by atoms with E-state index in [2.05, 4.69) is 44.3 Å². The Labute approximate surface area is 123 Å². The van der Waals surface area contributed by atoms with Gasteiger partial charge in [0.15, 0.2) is 0 Å². The summed E-state index contributed by atoms with van der Waals surface area (Å²) in [5.41, 5.74) is 1.32. The van der Waals surface area contributed by atoms with Gasteiger partial charge in [-0.05, 0) is 49.3 Å². The Hall–Kier alpha value is -1.02. The minimum absolute atomic E-state index is 0.384. The standard InChI is InChI=1S/C18H29NO/c1-13(2)17-10-5-6-11-18(17)19-14(3)15-8-7-9-16(12-15)20-4/h7-9,12-14,17-19H,5-6,10-11H2,1-4H3. The van der Waals surface area contributed by atoms with Gasteiger partial charge in [-0.3, -0.25) is 0 Å². The molecule has 1 N–H and O–H groups in total. The number of rotatable bonds is 5. The number of nitrogens with one attached hydrogen (secondary N) is 1. The van der Waals surface area contributed by atoms with Gasteiger partial charge in [-0.15, -0.1) is 0 Å². The van der Waals surface area contributed by atoms with Crippen molar-refractivity contribution in [1.29, 1.82) is 0 Å². The quantitative estimate of drug-likeness (QED) is 0.850. The molecule has 0 aromatic heterocycles. The molecule has 1 aliphatic rings. The molecule has 1 aromatic carbocycles. The molecule has 3 atom stereocenters. The van der Waals surface area contributed by atoms with E-state index < -0.39 is 0 Å².